The number of hydrogen-bond acceptors (Lipinski definition) is 4. The van der Waals surface area contributed by atoms with Crippen LogP contribution < -0.4 is 11.1 Å². The number of hydrogen-bond donors (Lipinski definition) is 4. The molecule has 0 bridgehead atoms. The molecule has 0 fully saturated rings. The molecular weight excluding hydrogens is 268 g/mol. The zero-order chi connectivity index (χ0) is 13.7. The first-order valence-corrected chi connectivity index (χ1v) is 5.96. The first kappa shape index (κ1) is 17.5. The van der Waals surface area contributed by atoms with Gasteiger partial charge < -0.3 is 21.3 Å². The number of amides is 1. The average Bonchev–Trinajstić information content (AvgIpc) is 2.32. The Morgan fingerprint density at radius 3 is 2.47 bits per heavy atom. The summed E-state index contributed by atoms with van der Waals surface area (Å²) in [4.78, 5) is 11.6. The van der Waals surface area contributed by atoms with Crippen molar-refractivity contribution < 1.29 is 15.0 Å². The molecule has 0 unspecified atom stereocenters. The fourth-order valence-electron chi connectivity index (χ4n) is 1.48. The lowest BCUT2D eigenvalue weighted by molar-refractivity contribution is -0.123. The Morgan fingerprint density at radius 2 is 1.95 bits per heavy atom. The number of nitrogens with two attached hydrogens (primary N) is 1. The zero-order valence-electron chi connectivity index (χ0n) is 11.1. The van der Waals surface area contributed by atoms with E-state index in [0.717, 1.165) is 5.56 Å². The second-order valence-electron chi connectivity index (χ2n) is 4.63. The van der Waals surface area contributed by atoms with Gasteiger partial charge in [-0.25, -0.2) is 0 Å². The lowest BCUT2D eigenvalue weighted by Crippen LogP contribution is -2.44. The molecule has 0 aliphatic heterocycles. The van der Waals surface area contributed by atoms with Crippen LogP contribution in [-0.2, 0) is 11.2 Å². The van der Waals surface area contributed by atoms with Gasteiger partial charge in [0.25, 0.3) is 0 Å². The third kappa shape index (κ3) is 5.36. The van der Waals surface area contributed by atoms with Crippen molar-refractivity contribution in [3.8, 4) is 11.5 Å². The Morgan fingerprint density at radius 1 is 1.32 bits per heavy atom. The number of phenolic OH excluding ortho intramolecular Hbond substituents is 2. The van der Waals surface area contributed by atoms with E-state index in [1.54, 1.807) is 6.07 Å². The van der Waals surface area contributed by atoms with Crippen LogP contribution in [0.5, 0.6) is 11.5 Å². The lowest BCUT2D eigenvalue weighted by Gasteiger charge is -2.15. The van der Waals surface area contributed by atoms with E-state index < -0.39 is 6.04 Å². The van der Waals surface area contributed by atoms with E-state index in [1.165, 1.54) is 12.1 Å². The van der Waals surface area contributed by atoms with Crippen molar-refractivity contribution >= 4 is 18.3 Å². The molecule has 0 aromatic heterocycles. The van der Waals surface area contributed by atoms with Crippen molar-refractivity contribution in [2.75, 3.05) is 6.54 Å². The molecule has 0 aliphatic rings. The molecule has 0 heterocycles. The highest BCUT2D eigenvalue weighted by Crippen LogP contribution is 2.24. The fourth-order valence-corrected chi connectivity index (χ4v) is 1.48. The molecule has 5 N–H and O–H groups in total. The van der Waals surface area contributed by atoms with Gasteiger partial charge in [0.2, 0.25) is 5.91 Å². The highest BCUT2D eigenvalue weighted by molar-refractivity contribution is 5.85. The second-order valence-corrected chi connectivity index (χ2v) is 4.63. The van der Waals surface area contributed by atoms with Gasteiger partial charge in [0.15, 0.2) is 11.5 Å². The maximum Gasteiger partial charge on any atom is 0.237 e. The van der Waals surface area contributed by atoms with Crippen molar-refractivity contribution in [3.05, 3.63) is 23.8 Å². The molecule has 6 heteroatoms. The van der Waals surface area contributed by atoms with E-state index in [9.17, 15) is 9.90 Å². The minimum absolute atomic E-state index is 0. The highest BCUT2D eigenvalue weighted by Gasteiger charge is 2.16. The van der Waals surface area contributed by atoms with Crippen LogP contribution in [0.1, 0.15) is 19.4 Å². The minimum Gasteiger partial charge on any atom is -0.504 e. The largest absolute Gasteiger partial charge is 0.504 e. The van der Waals surface area contributed by atoms with Crippen molar-refractivity contribution in [1.82, 2.24) is 5.32 Å². The Hall–Kier alpha value is -1.46. The van der Waals surface area contributed by atoms with E-state index in [0.29, 0.717) is 13.0 Å². The number of carbonyl (C=O) groups excluding carboxylic acids is 1. The van der Waals surface area contributed by atoms with Gasteiger partial charge in [-0.3, -0.25) is 4.79 Å². The van der Waals surface area contributed by atoms with Gasteiger partial charge in [0.05, 0.1) is 6.04 Å². The Labute approximate surface area is 119 Å². The van der Waals surface area contributed by atoms with Gasteiger partial charge in [-0.05, 0) is 30.0 Å². The molecule has 108 valence electrons. The maximum absolute atomic E-state index is 11.6. The smallest absolute Gasteiger partial charge is 0.237 e. The Balaban J connectivity index is 0.00000324. The number of rotatable bonds is 5. The van der Waals surface area contributed by atoms with Gasteiger partial charge in [-0.2, -0.15) is 0 Å². The normalized spacial score (nSPS) is 11.8. The monoisotopic (exact) mass is 288 g/mol. The first-order chi connectivity index (χ1) is 8.41. The molecule has 1 amide bonds. The topological polar surface area (TPSA) is 95.6 Å². The molecule has 1 rings (SSSR count). The zero-order valence-corrected chi connectivity index (χ0v) is 11.9. The van der Waals surface area contributed by atoms with E-state index in [4.69, 9.17) is 10.8 Å². The van der Waals surface area contributed by atoms with E-state index in [1.807, 2.05) is 13.8 Å². The number of halogens is 1. The molecule has 0 spiro atoms. The van der Waals surface area contributed by atoms with Crippen LogP contribution >= 0.6 is 12.4 Å². The molecule has 0 aliphatic carbocycles. The highest BCUT2D eigenvalue weighted by atomic mass is 35.5. The van der Waals surface area contributed by atoms with Crippen LogP contribution in [0, 0.1) is 5.92 Å². The summed E-state index contributed by atoms with van der Waals surface area (Å²) in [5.41, 5.74) is 6.54. The maximum atomic E-state index is 11.6. The molecule has 0 saturated heterocycles. The summed E-state index contributed by atoms with van der Waals surface area (Å²) in [5, 5.41) is 21.2. The van der Waals surface area contributed by atoms with Crippen molar-refractivity contribution in [3.63, 3.8) is 0 Å². The van der Waals surface area contributed by atoms with Gasteiger partial charge in [0, 0.05) is 6.54 Å². The van der Waals surface area contributed by atoms with Crippen LogP contribution in [-0.4, -0.2) is 28.7 Å². The standard InChI is InChI=1S/C13H20N2O3.ClH/c1-8(2)12(14)13(18)15-6-5-9-3-4-10(16)11(17)7-9;/h3-4,7-8,12,16-17H,5-6,14H2,1-2H3,(H,15,18);1H/t12-;/m0./s1. The Kier molecular flexibility index (Phi) is 7.26. The summed E-state index contributed by atoms with van der Waals surface area (Å²) in [6, 6.07) is 4.10. The summed E-state index contributed by atoms with van der Waals surface area (Å²) in [7, 11) is 0. The van der Waals surface area contributed by atoms with E-state index >= 15 is 0 Å². The molecular formula is C13H21ClN2O3. The first-order valence-electron chi connectivity index (χ1n) is 5.96. The van der Waals surface area contributed by atoms with Crippen molar-refractivity contribution in [2.24, 2.45) is 11.7 Å². The van der Waals surface area contributed by atoms with Crippen LogP contribution in [0.4, 0.5) is 0 Å². The predicted molar refractivity (Wildman–Crippen MR) is 76.5 cm³/mol. The van der Waals surface area contributed by atoms with Crippen molar-refractivity contribution in [1.29, 1.82) is 0 Å². The third-order valence-electron chi connectivity index (χ3n) is 2.77. The summed E-state index contributed by atoms with van der Waals surface area (Å²) >= 11 is 0. The summed E-state index contributed by atoms with van der Waals surface area (Å²) < 4.78 is 0. The van der Waals surface area contributed by atoms with Gasteiger partial charge in [-0.15, -0.1) is 12.4 Å². The number of aromatic hydroxyl groups is 2. The molecule has 1 aromatic rings. The summed E-state index contributed by atoms with van der Waals surface area (Å²) in [5.74, 6) is -0.377. The quantitative estimate of drug-likeness (QED) is 0.612. The molecule has 19 heavy (non-hydrogen) atoms. The molecule has 0 radical (unpaired) electrons. The average molecular weight is 289 g/mol. The van der Waals surface area contributed by atoms with Crippen LogP contribution in [0.25, 0.3) is 0 Å². The SMILES string of the molecule is CC(C)[C@H](N)C(=O)NCCc1ccc(O)c(O)c1.Cl. The Bertz CT molecular complexity index is 424. The van der Waals surface area contributed by atoms with Gasteiger partial charge in [-0.1, -0.05) is 19.9 Å². The van der Waals surface area contributed by atoms with Crippen LogP contribution in [0.2, 0.25) is 0 Å². The number of benzene rings is 1. The van der Waals surface area contributed by atoms with E-state index in [-0.39, 0.29) is 35.7 Å². The van der Waals surface area contributed by atoms with Crippen molar-refractivity contribution in [2.45, 2.75) is 26.3 Å². The van der Waals surface area contributed by atoms with Gasteiger partial charge in [0.1, 0.15) is 0 Å². The molecule has 1 atom stereocenters. The predicted octanol–water partition coefficient (Wildman–Crippen LogP) is 1.16. The van der Waals surface area contributed by atoms with Crippen LogP contribution in [0.15, 0.2) is 18.2 Å². The second kappa shape index (κ2) is 7.86. The van der Waals surface area contributed by atoms with E-state index in [2.05, 4.69) is 5.32 Å². The van der Waals surface area contributed by atoms with Gasteiger partial charge >= 0.3 is 0 Å². The minimum atomic E-state index is -0.502. The molecule has 5 nitrogen and oxygen atoms in total. The number of nitrogens with one attached hydrogen (secondary N) is 1. The summed E-state index contributed by atoms with van der Waals surface area (Å²) in [6.07, 6.45) is 0.574. The third-order valence-corrected chi connectivity index (χ3v) is 2.77. The summed E-state index contributed by atoms with van der Waals surface area (Å²) in [6.45, 7) is 4.23. The number of carbonyl (C=O) groups is 1. The molecule has 0 saturated carbocycles. The number of phenols is 2. The fraction of sp³-hybridized carbons (Fsp3) is 0.462. The molecule has 1 aromatic carbocycles. The van der Waals surface area contributed by atoms with Crippen LogP contribution in [0.3, 0.4) is 0 Å². The lowest BCUT2D eigenvalue weighted by atomic mass is 10.0.